The van der Waals surface area contributed by atoms with Crippen molar-refractivity contribution < 1.29 is 4.74 Å². The van der Waals surface area contributed by atoms with Crippen LogP contribution in [0.5, 0.6) is 0 Å². The summed E-state index contributed by atoms with van der Waals surface area (Å²) < 4.78 is 7.08. The largest absolute Gasteiger partial charge is 0.383 e. The molecule has 0 fully saturated rings. The van der Waals surface area contributed by atoms with E-state index in [1.165, 1.54) is 4.90 Å². The molecule has 1 aromatic carbocycles. The van der Waals surface area contributed by atoms with Crippen molar-refractivity contribution in [2.45, 2.75) is 4.90 Å². The maximum Gasteiger partial charge on any atom is 0.207 e. The van der Waals surface area contributed by atoms with Crippen LogP contribution in [0.15, 0.2) is 41.6 Å². The van der Waals surface area contributed by atoms with E-state index in [0.717, 1.165) is 18.2 Å². The van der Waals surface area contributed by atoms with E-state index in [-0.39, 0.29) is 0 Å². The molecule has 0 atom stereocenters. The van der Waals surface area contributed by atoms with E-state index in [4.69, 9.17) is 4.74 Å². The molecule has 1 N–H and O–H groups in total. The van der Waals surface area contributed by atoms with Crippen LogP contribution in [0.4, 0.5) is 5.95 Å². The molecule has 2 aromatic rings. The number of ether oxygens (including phenoxy) is 1. The number of hydrogen-bond donors (Lipinski definition) is 1. The summed E-state index contributed by atoms with van der Waals surface area (Å²) in [6.45, 7) is 1.41. The molecule has 0 bridgehead atoms. The minimum absolute atomic E-state index is 0.664. The third-order valence-corrected chi connectivity index (χ3v) is 3.36. The second kappa shape index (κ2) is 6.47. The molecule has 0 aliphatic rings. The first kappa shape index (κ1) is 13.0. The van der Waals surface area contributed by atoms with E-state index in [0.29, 0.717) is 6.61 Å². The van der Waals surface area contributed by atoms with Gasteiger partial charge in [0.25, 0.3) is 0 Å². The van der Waals surface area contributed by atoms with E-state index >= 15 is 0 Å². The Labute approximate surface area is 111 Å². The number of thioether (sulfide) groups is 1. The highest BCUT2D eigenvalue weighted by Gasteiger charge is 2.07. The maximum atomic E-state index is 5.03. The smallest absolute Gasteiger partial charge is 0.207 e. The highest BCUT2D eigenvalue weighted by molar-refractivity contribution is 7.98. The molecular weight excluding hydrogens is 246 g/mol. The molecule has 1 aromatic heterocycles. The summed E-state index contributed by atoms with van der Waals surface area (Å²) >= 11 is 1.73. The van der Waals surface area contributed by atoms with Gasteiger partial charge in [0, 0.05) is 30.9 Å². The number of anilines is 1. The molecule has 0 amide bonds. The Morgan fingerprint density at radius 3 is 3.00 bits per heavy atom. The van der Waals surface area contributed by atoms with Gasteiger partial charge in [-0.1, -0.05) is 12.1 Å². The number of nitrogens with one attached hydrogen (secondary N) is 1. The predicted octanol–water partition coefficient (Wildman–Crippen LogP) is 2.65. The monoisotopic (exact) mass is 263 g/mol. The zero-order valence-corrected chi connectivity index (χ0v) is 11.4. The van der Waals surface area contributed by atoms with Gasteiger partial charge >= 0.3 is 0 Å². The lowest BCUT2D eigenvalue weighted by molar-refractivity contribution is 0.210. The molecule has 2 rings (SSSR count). The summed E-state index contributed by atoms with van der Waals surface area (Å²) in [5.74, 6) is 0.841. The third kappa shape index (κ3) is 2.86. The standard InChI is InChI=1S/C13H17N3OS/c1-17-10-8-15-13-14-7-9-16(13)11-5-3-4-6-12(11)18-2/h3-7,9H,8,10H2,1-2H3,(H,14,15). The molecule has 0 saturated carbocycles. The summed E-state index contributed by atoms with van der Waals surface area (Å²) in [6, 6.07) is 8.28. The van der Waals surface area contributed by atoms with Crippen LogP contribution in [0.25, 0.3) is 5.69 Å². The Kier molecular flexibility index (Phi) is 4.66. The lowest BCUT2D eigenvalue weighted by Crippen LogP contribution is -2.11. The molecular formula is C13H17N3OS. The number of nitrogens with zero attached hydrogens (tertiary/aromatic N) is 2. The topological polar surface area (TPSA) is 39.1 Å². The minimum atomic E-state index is 0.664. The summed E-state index contributed by atoms with van der Waals surface area (Å²) in [7, 11) is 1.69. The second-order valence-corrected chi connectivity index (χ2v) is 4.56. The summed E-state index contributed by atoms with van der Waals surface area (Å²) in [4.78, 5) is 5.55. The van der Waals surface area contributed by atoms with E-state index in [2.05, 4.69) is 33.3 Å². The van der Waals surface area contributed by atoms with Crippen LogP contribution in [0.3, 0.4) is 0 Å². The number of aromatic nitrogens is 2. The van der Waals surface area contributed by atoms with E-state index < -0.39 is 0 Å². The number of hydrogen-bond acceptors (Lipinski definition) is 4. The van der Waals surface area contributed by atoms with Gasteiger partial charge in [-0.2, -0.15) is 0 Å². The second-order valence-electron chi connectivity index (χ2n) is 3.71. The fourth-order valence-corrected chi connectivity index (χ4v) is 2.31. The van der Waals surface area contributed by atoms with E-state index in [1.54, 1.807) is 25.1 Å². The molecule has 0 unspecified atom stereocenters. The van der Waals surface area contributed by atoms with Crippen molar-refractivity contribution in [3.05, 3.63) is 36.7 Å². The molecule has 4 nitrogen and oxygen atoms in total. The lowest BCUT2D eigenvalue weighted by atomic mass is 10.3. The highest BCUT2D eigenvalue weighted by Crippen LogP contribution is 2.25. The minimum Gasteiger partial charge on any atom is -0.383 e. The van der Waals surface area contributed by atoms with Crippen LogP contribution in [-0.4, -0.2) is 36.1 Å². The Balaban J connectivity index is 2.25. The van der Waals surface area contributed by atoms with Crippen LogP contribution in [0, 0.1) is 0 Å². The van der Waals surface area contributed by atoms with Crippen molar-refractivity contribution in [2.24, 2.45) is 0 Å². The Morgan fingerprint density at radius 1 is 1.39 bits per heavy atom. The molecule has 0 spiro atoms. The first-order valence-corrected chi connectivity index (χ1v) is 6.99. The van der Waals surface area contributed by atoms with Gasteiger partial charge in [0.15, 0.2) is 0 Å². The van der Waals surface area contributed by atoms with Gasteiger partial charge in [-0.3, -0.25) is 4.57 Å². The van der Waals surface area contributed by atoms with Crippen LogP contribution in [-0.2, 0) is 4.74 Å². The summed E-state index contributed by atoms with van der Waals surface area (Å²) in [5, 5.41) is 3.26. The average Bonchev–Trinajstić information content (AvgIpc) is 2.87. The van der Waals surface area contributed by atoms with Gasteiger partial charge in [0.05, 0.1) is 12.3 Å². The van der Waals surface area contributed by atoms with Gasteiger partial charge in [-0.05, 0) is 18.4 Å². The maximum absolute atomic E-state index is 5.03. The third-order valence-electron chi connectivity index (χ3n) is 2.57. The zero-order chi connectivity index (χ0) is 12.8. The van der Waals surface area contributed by atoms with Crippen molar-refractivity contribution in [1.82, 2.24) is 9.55 Å². The van der Waals surface area contributed by atoms with Crippen molar-refractivity contribution in [2.75, 3.05) is 31.8 Å². The fourth-order valence-electron chi connectivity index (χ4n) is 1.72. The number of methoxy groups -OCH3 is 1. The zero-order valence-electron chi connectivity index (χ0n) is 10.6. The van der Waals surface area contributed by atoms with Gasteiger partial charge in [0.2, 0.25) is 5.95 Å². The fraction of sp³-hybridized carbons (Fsp3) is 0.308. The average molecular weight is 263 g/mol. The van der Waals surface area contributed by atoms with Crippen LogP contribution in [0.1, 0.15) is 0 Å². The van der Waals surface area contributed by atoms with Gasteiger partial charge in [-0.25, -0.2) is 4.98 Å². The van der Waals surface area contributed by atoms with E-state index in [9.17, 15) is 0 Å². The first-order valence-electron chi connectivity index (χ1n) is 5.76. The summed E-state index contributed by atoms with van der Waals surface area (Å²) in [5.41, 5.74) is 1.14. The quantitative estimate of drug-likeness (QED) is 0.642. The van der Waals surface area contributed by atoms with Crippen LogP contribution < -0.4 is 5.32 Å². The first-order chi connectivity index (χ1) is 8.86. The predicted molar refractivity (Wildman–Crippen MR) is 75.7 cm³/mol. The van der Waals surface area contributed by atoms with Gasteiger partial charge in [0.1, 0.15) is 0 Å². The molecule has 18 heavy (non-hydrogen) atoms. The highest BCUT2D eigenvalue weighted by atomic mass is 32.2. The molecule has 0 aliphatic heterocycles. The number of imidazole rings is 1. The Bertz CT molecular complexity index is 498. The number of rotatable bonds is 6. The molecule has 0 radical (unpaired) electrons. The molecule has 0 saturated heterocycles. The van der Waals surface area contributed by atoms with Crippen LogP contribution in [0.2, 0.25) is 0 Å². The van der Waals surface area contributed by atoms with Crippen molar-refractivity contribution in [1.29, 1.82) is 0 Å². The van der Waals surface area contributed by atoms with Gasteiger partial charge in [-0.15, -0.1) is 11.8 Å². The van der Waals surface area contributed by atoms with E-state index in [1.807, 2.05) is 18.3 Å². The SMILES string of the molecule is COCCNc1nccn1-c1ccccc1SC. The normalized spacial score (nSPS) is 10.6. The van der Waals surface area contributed by atoms with Gasteiger partial charge < -0.3 is 10.1 Å². The van der Waals surface area contributed by atoms with Crippen molar-refractivity contribution >= 4 is 17.7 Å². The molecule has 5 heteroatoms. The van der Waals surface area contributed by atoms with Crippen molar-refractivity contribution in [3.63, 3.8) is 0 Å². The number of benzene rings is 1. The molecule has 0 aliphatic carbocycles. The molecule has 1 heterocycles. The Morgan fingerprint density at radius 2 is 2.22 bits per heavy atom. The molecule has 96 valence electrons. The lowest BCUT2D eigenvalue weighted by Gasteiger charge is -2.12. The summed E-state index contributed by atoms with van der Waals surface area (Å²) in [6.07, 6.45) is 5.84. The number of para-hydroxylation sites is 1. The van der Waals surface area contributed by atoms with Crippen LogP contribution >= 0.6 is 11.8 Å². The van der Waals surface area contributed by atoms with Crippen molar-refractivity contribution in [3.8, 4) is 5.69 Å². The Hall–Kier alpha value is -1.46.